The van der Waals surface area contributed by atoms with Gasteiger partial charge in [0.15, 0.2) is 0 Å². The van der Waals surface area contributed by atoms with Crippen LogP contribution in [0.25, 0.3) is 0 Å². The van der Waals surface area contributed by atoms with E-state index in [9.17, 15) is 4.79 Å². The van der Waals surface area contributed by atoms with E-state index in [0.717, 1.165) is 36.6 Å². The fourth-order valence-electron chi connectivity index (χ4n) is 2.70. The minimum Gasteiger partial charge on any atom is -0.368 e. The predicted molar refractivity (Wildman–Crippen MR) is 82.6 cm³/mol. The highest BCUT2D eigenvalue weighted by molar-refractivity contribution is 6.33. The number of amides is 1. The summed E-state index contributed by atoms with van der Waals surface area (Å²) in [5, 5.41) is 14.5. The molecule has 0 saturated carbocycles. The molecule has 0 unspecified atom stereocenters. The fourth-order valence-corrected chi connectivity index (χ4v) is 2.95. The third-order valence-electron chi connectivity index (χ3n) is 3.68. The summed E-state index contributed by atoms with van der Waals surface area (Å²) in [5.74, 6) is -0.0849. The van der Waals surface area contributed by atoms with Crippen LogP contribution in [0.2, 0.25) is 5.02 Å². The molecule has 2 heterocycles. The number of hydrogen-bond acceptors (Lipinski definition) is 5. The number of para-hydroxylation sites is 1. The van der Waals surface area contributed by atoms with E-state index in [1.807, 2.05) is 24.3 Å². The summed E-state index contributed by atoms with van der Waals surface area (Å²) in [7, 11) is 0. The molecule has 1 atom stereocenters. The van der Waals surface area contributed by atoms with E-state index in [4.69, 9.17) is 11.6 Å². The van der Waals surface area contributed by atoms with Crippen LogP contribution in [-0.2, 0) is 11.3 Å². The first-order valence-corrected chi connectivity index (χ1v) is 7.60. The van der Waals surface area contributed by atoms with Gasteiger partial charge in [0.25, 0.3) is 0 Å². The van der Waals surface area contributed by atoms with Crippen molar-refractivity contribution in [1.82, 2.24) is 25.5 Å². The zero-order chi connectivity index (χ0) is 15.4. The lowest BCUT2D eigenvalue weighted by atomic mass is 10.0. The number of rotatable bonds is 4. The summed E-state index contributed by atoms with van der Waals surface area (Å²) in [6, 6.07) is 7.89. The first-order valence-electron chi connectivity index (χ1n) is 7.22. The number of halogens is 1. The van der Waals surface area contributed by atoms with Crippen LogP contribution >= 0.6 is 11.6 Å². The first-order chi connectivity index (χ1) is 10.7. The van der Waals surface area contributed by atoms with Crippen LogP contribution in [0.4, 0.5) is 5.69 Å². The molecule has 1 aromatic carbocycles. The van der Waals surface area contributed by atoms with E-state index in [1.54, 1.807) is 0 Å². The Bertz CT molecular complexity index is 632. The van der Waals surface area contributed by atoms with E-state index in [-0.39, 0.29) is 18.5 Å². The predicted octanol–water partition coefficient (Wildman–Crippen LogP) is 1.11. The molecule has 1 aromatic heterocycles. The van der Waals surface area contributed by atoms with Crippen molar-refractivity contribution in [2.75, 3.05) is 18.0 Å². The van der Waals surface area contributed by atoms with Gasteiger partial charge in [0.05, 0.1) is 10.7 Å². The highest BCUT2D eigenvalue weighted by Crippen LogP contribution is 2.27. The average molecular weight is 321 g/mol. The Labute approximate surface area is 133 Å². The van der Waals surface area contributed by atoms with Crippen LogP contribution in [0.5, 0.6) is 0 Å². The van der Waals surface area contributed by atoms with E-state index in [2.05, 4.69) is 25.7 Å². The molecule has 8 heteroatoms. The number of piperidine rings is 1. The van der Waals surface area contributed by atoms with Crippen LogP contribution < -0.4 is 10.2 Å². The van der Waals surface area contributed by atoms with Crippen LogP contribution in [0.1, 0.15) is 12.8 Å². The molecule has 1 amide bonds. The lowest BCUT2D eigenvalue weighted by molar-refractivity contribution is -0.122. The lowest BCUT2D eigenvalue weighted by Crippen LogP contribution is -2.48. The first kappa shape index (κ1) is 14.8. The molecule has 1 aliphatic heterocycles. The lowest BCUT2D eigenvalue weighted by Gasteiger charge is -2.35. The standard InChI is InChI=1S/C14H17ClN6O/c15-12-5-1-2-6-13(12)20-7-3-4-11(8-20)17-14(22)9-21-10-16-18-19-21/h1-2,5-6,10-11H,3-4,7-9H2,(H,17,22)/t11-/m0/s1. The van der Waals surface area contributed by atoms with Gasteiger partial charge in [0, 0.05) is 19.1 Å². The van der Waals surface area contributed by atoms with Crippen molar-refractivity contribution in [2.24, 2.45) is 0 Å². The number of tetrazole rings is 1. The summed E-state index contributed by atoms with van der Waals surface area (Å²) >= 11 is 6.25. The third kappa shape index (κ3) is 3.54. The quantitative estimate of drug-likeness (QED) is 0.913. The summed E-state index contributed by atoms with van der Waals surface area (Å²) in [5.41, 5.74) is 1.02. The van der Waals surface area contributed by atoms with Gasteiger partial charge >= 0.3 is 0 Å². The average Bonchev–Trinajstić information content (AvgIpc) is 3.00. The molecule has 0 aliphatic carbocycles. The highest BCUT2D eigenvalue weighted by atomic mass is 35.5. The number of benzene rings is 1. The second-order valence-corrected chi connectivity index (χ2v) is 5.72. The Balaban J connectivity index is 1.59. The molecule has 2 aromatic rings. The summed E-state index contributed by atoms with van der Waals surface area (Å²) in [6.45, 7) is 1.84. The SMILES string of the molecule is O=C(Cn1cnnn1)N[C@H]1CCCN(c2ccccc2Cl)C1. The molecule has 7 nitrogen and oxygen atoms in total. The molecule has 1 N–H and O–H groups in total. The minimum atomic E-state index is -0.0849. The van der Waals surface area contributed by atoms with E-state index < -0.39 is 0 Å². The van der Waals surface area contributed by atoms with Gasteiger partial charge in [0.1, 0.15) is 12.9 Å². The number of aromatic nitrogens is 4. The Morgan fingerprint density at radius 3 is 3.05 bits per heavy atom. The van der Waals surface area contributed by atoms with E-state index in [1.165, 1.54) is 11.0 Å². The van der Waals surface area contributed by atoms with Gasteiger partial charge in [0.2, 0.25) is 5.91 Å². The molecular formula is C14H17ClN6O. The molecule has 0 bridgehead atoms. The second-order valence-electron chi connectivity index (χ2n) is 5.31. The van der Waals surface area contributed by atoms with Crippen molar-refractivity contribution < 1.29 is 4.79 Å². The second kappa shape index (κ2) is 6.74. The van der Waals surface area contributed by atoms with Crippen LogP contribution in [0.3, 0.4) is 0 Å². The maximum atomic E-state index is 12.0. The van der Waals surface area contributed by atoms with Crippen molar-refractivity contribution in [2.45, 2.75) is 25.4 Å². The third-order valence-corrected chi connectivity index (χ3v) is 4.00. The topological polar surface area (TPSA) is 75.9 Å². The Morgan fingerprint density at radius 2 is 2.27 bits per heavy atom. The number of anilines is 1. The monoisotopic (exact) mass is 320 g/mol. The molecule has 22 heavy (non-hydrogen) atoms. The number of nitrogens with one attached hydrogen (secondary N) is 1. The van der Waals surface area contributed by atoms with Gasteiger partial charge in [-0.1, -0.05) is 23.7 Å². The van der Waals surface area contributed by atoms with Gasteiger partial charge in [-0.3, -0.25) is 4.79 Å². The molecule has 3 rings (SSSR count). The molecule has 0 radical (unpaired) electrons. The van der Waals surface area contributed by atoms with E-state index >= 15 is 0 Å². The molecule has 1 saturated heterocycles. The maximum absolute atomic E-state index is 12.0. The van der Waals surface area contributed by atoms with Crippen LogP contribution in [-0.4, -0.2) is 45.2 Å². The van der Waals surface area contributed by atoms with Gasteiger partial charge in [-0.25, -0.2) is 4.68 Å². The van der Waals surface area contributed by atoms with Crippen molar-refractivity contribution in [3.05, 3.63) is 35.6 Å². The zero-order valence-electron chi connectivity index (χ0n) is 12.0. The van der Waals surface area contributed by atoms with Gasteiger partial charge < -0.3 is 10.2 Å². The molecular weight excluding hydrogens is 304 g/mol. The smallest absolute Gasteiger partial charge is 0.242 e. The summed E-state index contributed by atoms with van der Waals surface area (Å²) < 4.78 is 1.41. The molecule has 1 fully saturated rings. The number of carbonyl (C=O) groups excluding carboxylic acids is 1. The van der Waals surface area contributed by atoms with Crippen LogP contribution in [0.15, 0.2) is 30.6 Å². The van der Waals surface area contributed by atoms with Gasteiger partial charge in [-0.15, -0.1) is 5.10 Å². The molecule has 116 valence electrons. The summed E-state index contributed by atoms with van der Waals surface area (Å²) in [4.78, 5) is 14.2. The molecule has 1 aliphatic rings. The zero-order valence-corrected chi connectivity index (χ0v) is 12.8. The van der Waals surface area contributed by atoms with Gasteiger partial charge in [-0.05, 0) is 35.4 Å². The van der Waals surface area contributed by atoms with Crippen LogP contribution in [0, 0.1) is 0 Å². The normalized spacial score (nSPS) is 18.2. The Hall–Kier alpha value is -2.15. The fraction of sp³-hybridized carbons (Fsp3) is 0.429. The minimum absolute atomic E-state index is 0.0849. The molecule has 0 spiro atoms. The van der Waals surface area contributed by atoms with Gasteiger partial charge in [-0.2, -0.15) is 0 Å². The Kier molecular flexibility index (Phi) is 4.53. The number of hydrogen-bond donors (Lipinski definition) is 1. The summed E-state index contributed by atoms with van der Waals surface area (Å²) in [6.07, 6.45) is 3.40. The van der Waals surface area contributed by atoms with E-state index in [0.29, 0.717) is 0 Å². The highest BCUT2D eigenvalue weighted by Gasteiger charge is 2.22. The maximum Gasteiger partial charge on any atom is 0.242 e. The van der Waals surface area contributed by atoms with Crippen molar-refractivity contribution in [1.29, 1.82) is 0 Å². The van der Waals surface area contributed by atoms with Crippen molar-refractivity contribution >= 4 is 23.2 Å². The number of nitrogens with zero attached hydrogens (tertiary/aromatic N) is 5. The Morgan fingerprint density at radius 1 is 1.41 bits per heavy atom. The van der Waals surface area contributed by atoms with Crippen molar-refractivity contribution in [3.8, 4) is 0 Å². The largest absolute Gasteiger partial charge is 0.368 e. The number of carbonyl (C=O) groups is 1. The van der Waals surface area contributed by atoms with Crippen molar-refractivity contribution in [3.63, 3.8) is 0 Å².